The molecule has 1 aromatic carbocycles. The van der Waals surface area contributed by atoms with Crippen LogP contribution in [0.25, 0.3) is 11.3 Å². The van der Waals surface area contributed by atoms with E-state index in [9.17, 15) is 13.2 Å². The van der Waals surface area contributed by atoms with Gasteiger partial charge in [0.2, 0.25) is 5.91 Å². The summed E-state index contributed by atoms with van der Waals surface area (Å²) >= 11 is 1.08. The highest BCUT2D eigenvalue weighted by molar-refractivity contribution is 7.99. The minimum Gasteiger partial charge on any atom is -0.369 e. The van der Waals surface area contributed by atoms with Crippen molar-refractivity contribution in [1.82, 2.24) is 9.97 Å². The molecule has 1 aromatic heterocycles. The summed E-state index contributed by atoms with van der Waals surface area (Å²) in [5, 5.41) is 0.315. The number of hydrogen-bond donors (Lipinski definition) is 1. The fourth-order valence-electron chi connectivity index (χ4n) is 2.33. The minimum absolute atomic E-state index is 0.0338. The Morgan fingerprint density at radius 1 is 1.39 bits per heavy atom. The summed E-state index contributed by atoms with van der Waals surface area (Å²) in [4.78, 5) is 19.3. The number of aromatic nitrogens is 2. The van der Waals surface area contributed by atoms with Gasteiger partial charge in [-0.05, 0) is 19.1 Å². The van der Waals surface area contributed by atoms with Crippen molar-refractivity contribution in [1.29, 1.82) is 0 Å². The lowest BCUT2D eigenvalue weighted by Gasteiger charge is -2.28. The number of thioether (sulfide) groups is 1. The molecule has 0 bridgehead atoms. The number of hydrogen-bond acceptors (Lipinski definition) is 6. The zero-order valence-electron chi connectivity index (χ0n) is 12.5. The first-order valence-electron chi connectivity index (χ1n) is 6.69. The first-order valence-corrected chi connectivity index (χ1v) is 9.11. The smallest absolute Gasteiger partial charge is 0.267 e. The average molecular weight is 350 g/mol. The van der Waals surface area contributed by atoms with Crippen LogP contribution in [-0.2, 0) is 14.8 Å². The van der Waals surface area contributed by atoms with Crippen LogP contribution in [0, 0.1) is 6.92 Å². The van der Waals surface area contributed by atoms with Crippen LogP contribution in [0.2, 0.25) is 0 Å². The number of anilines is 1. The fourth-order valence-corrected chi connectivity index (χ4v) is 4.19. The highest BCUT2D eigenvalue weighted by atomic mass is 32.2. The molecule has 120 valence electrons. The molecule has 7 nitrogen and oxygen atoms in total. The molecule has 1 aliphatic heterocycles. The number of carbonyl (C=O) groups excluding carboxylic acids is 1. The zero-order chi connectivity index (χ0) is 16.8. The zero-order valence-corrected chi connectivity index (χ0v) is 14.1. The second-order valence-corrected chi connectivity index (χ2v) is 7.99. The van der Waals surface area contributed by atoms with E-state index in [1.807, 2.05) is 19.1 Å². The molecule has 23 heavy (non-hydrogen) atoms. The van der Waals surface area contributed by atoms with Gasteiger partial charge in [0.1, 0.15) is 4.90 Å². The van der Waals surface area contributed by atoms with Crippen LogP contribution in [-0.4, -0.2) is 37.1 Å². The molecule has 0 unspecified atom stereocenters. The van der Waals surface area contributed by atoms with Gasteiger partial charge in [-0.1, -0.05) is 23.4 Å². The quantitative estimate of drug-likeness (QED) is 0.658. The van der Waals surface area contributed by atoms with E-state index in [2.05, 4.69) is 9.97 Å². The molecule has 0 aliphatic carbocycles. The maximum absolute atomic E-state index is 12.6. The van der Waals surface area contributed by atoms with Crippen molar-refractivity contribution in [3.05, 3.63) is 30.0 Å². The van der Waals surface area contributed by atoms with Crippen LogP contribution >= 0.6 is 11.8 Å². The van der Waals surface area contributed by atoms with Crippen molar-refractivity contribution >= 4 is 33.4 Å². The third-order valence-corrected chi connectivity index (χ3v) is 6.12. The van der Waals surface area contributed by atoms with E-state index in [-0.39, 0.29) is 10.6 Å². The predicted octanol–water partition coefficient (Wildman–Crippen LogP) is 1.17. The minimum atomic E-state index is -3.69. The molecule has 2 heterocycles. The van der Waals surface area contributed by atoms with E-state index in [0.717, 1.165) is 22.9 Å². The van der Waals surface area contributed by atoms with E-state index in [1.54, 1.807) is 6.07 Å². The molecule has 0 radical (unpaired) electrons. The molecule has 3 rings (SSSR count). The standard InChI is InChI=1S/C14H14N4O3S2/c1-8-3-4-10-9(5-8)13-11(23(20,21)18(10)2)6-16-14(17-13)22-7-12(15)19/h3-6H,7H2,1-2H3,(H2,15,19). The van der Waals surface area contributed by atoms with Gasteiger partial charge < -0.3 is 5.73 Å². The third-order valence-electron chi connectivity index (χ3n) is 3.46. The Morgan fingerprint density at radius 2 is 2.13 bits per heavy atom. The lowest BCUT2D eigenvalue weighted by atomic mass is 10.1. The maximum Gasteiger partial charge on any atom is 0.267 e. The number of fused-ring (bicyclic) bond motifs is 3. The molecule has 0 saturated heterocycles. The number of amides is 1. The molecule has 0 atom stereocenters. The monoisotopic (exact) mass is 350 g/mol. The van der Waals surface area contributed by atoms with Crippen molar-refractivity contribution in [2.45, 2.75) is 17.0 Å². The van der Waals surface area contributed by atoms with Gasteiger partial charge in [0.25, 0.3) is 10.0 Å². The van der Waals surface area contributed by atoms with Gasteiger partial charge in [0.05, 0.1) is 23.3 Å². The van der Waals surface area contributed by atoms with Crippen molar-refractivity contribution in [3.8, 4) is 11.3 Å². The van der Waals surface area contributed by atoms with E-state index >= 15 is 0 Å². The molecule has 9 heteroatoms. The first-order chi connectivity index (χ1) is 10.8. The number of carbonyl (C=O) groups is 1. The lowest BCUT2D eigenvalue weighted by Crippen LogP contribution is -2.31. The summed E-state index contributed by atoms with van der Waals surface area (Å²) in [7, 11) is -2.19. The van der Waals surface area contributed by atoms with Crippen LogP contribution < -0.4 is 10.0 Å². The third kappa shape index (κ3) is 2.66. The number of benzene rings is 1. The maximum atomic E-state index is 12.6. The number of rotatable bonds is 3. The summed E-state index contributed by atoms with van der Waals surface area (Å²) in [5.41, 5.74) is 7.75. The molecule has 2 aromatic rings. The largest absolute Gasteiger partial charge is 0.369 e. The van der Waals surface area contributed by atoms with E-state index in [4.69, 9.17) is 5.73 Å². The SMILES string of the molecule is Cc1ccc2c(c1)-c1nc(SCC(N)=O)ncc1S(=O)(=O)N2C. The Labute approximate surface area is 138 Å². The van der Waals surface area contributed by atoms with E-state index < -0.39 is 15.9 Å². The highest BCUT2D eigenvalue weighted by Crippen LogP contribution is 2.41. The molecule has 0 fully saturated rings. The van der Waals surface area contributed by atoms with E-state index in [0.29, 0.717) is 16.5 Å². The molecule has 0 saturated carbocycles. The topological polar surface area (TPSA) is 106 Å². The lowest BCUT2D eigenvalue weighted by molar-refractivity contribution is -0.115. The number of nitrogens with zero attached hydrogens (tertiary/aromatic N) is 3. The van der Waals surface area contributed by atoms with Gasteiger partial charge in [-0.15, -0.1) is 0 Å². The summed E-state index contributed by atoms with van der Waals surface area (Å²) in [6.07, 6.45) is 1.28. The fraction of sp³-hybridized carbons (Fsp3) is 0.214. The van der Waals surface area contributed by atoms with Crippen molar-refractivity contribution in [3.63, 3.8) is 0 Å². The van der Waals surface area contributed by atoms with Gasteiger partial charge in [0, 0.05) is 12.6 Å². The second kappa shape index (κ2) is 5.50. The van der Waals surface area contributed by atoms with Gasteiger partial charge in [-0.25, -0.2) is 18.4 Å². The number of aryl methyl sites for hydroxylation is 1. The summed E-state index contributed by atoms with van der Waals surface area (Å²) in [6, 6.07) is 5.48. The Morgan fingerprint density at radius 3 is 2.83 bits per heavy atom. The van der Waals surface area contributed by atoms with Crippen LogP contribution in [0.4, 0.5) is 5.69 Å². The Bertz CT molecular complexity index is 912. The number of sulfonamides is 1. The van der Waals surface area contributed by atoms with Crippen LogP contribution in [0.1, 0.15) is 5.56 Å². The molecular weight excluding hydrogens is 336 g/mol. The highest BCUT2D eigenvalue weighted by Gasteiger charge is 2.34. The van der Waals surface area contributed by atoms with Crippen molar-refractivity contribution < 1.29 is 13.2 Å². The summed E-state index contributed by atoms with van der Waals surface area (Å²) in [6.45, 7) is 1.92. The first kappa shape index (κ1) is 15.8. The molecule has 1 amide bonds. The Hall–Kier alpha value is -2.13. The normalized spacial score (nSPS) is 15.0. The van der Waals surface area contributed by atoms with Crippen molar-refractivity contribution in [2.75, 3.05) is 17.1 Å². The van der Waals surface area contributed by atoms with Crippen LogP contribution in [0.15, 0.2) is 34.4 Å². The molecular formula is C14H14N4O3S2. The summed E-state index contributed by atoms with van der Waals surface area (Å²) < 4.78 is 26.4. The van der Waals surface area contributed by atoms with Crippen LogP contribution in [0.5, 0.6) is 0 Å². The van der Waals surface area contributed by atoms with Crippen molar-refractivity contribution in [2.24, 2.45) is 5.73 Å². The van der Waals surface area contributed by atoms with Gasteiger partial charge in [-0.2, -0.15) is 0 Å². The Kier molecular flexibility index (Phi) is 3.77. The molecule has 0 spiro atoms. The molecule has 2 N–H and O–H groups in total. The summed E-state index contributed by atoms with van der Waals surface area (Å²) in [5.74, 6) is -0.452. The number of primary amides is 1. The van der Waals surface area contributed by atoms with Crippen LogP contribution in [0.3, 0.4) is 0 Å². The second-order valence-electron chi connectivity index (χ2n) is 5.11. The van der Waals surface area contributed by atoms with Gasteiger partial charge >= 0.3 is 0 Å². The Balaban J connectivity index is 2.20. The van der Waals surface area contributed by atoms with Gasteiger partial charge in [-0.3, -0.25) is 9.10 Å². The average Bonchev–Trinajstić information content (AvgIpc) is 2.50. The van der Waals surface area contributed by atoms with Gasteiger partial charge in [0.15, 0.2) is 5.16 Å². The molecule has 1 aliphatic rings. The van der Waals surface area contributed by atoms with E-state index in [1.165, 1.54) is 17.5 Å². The predicted molar refractivity (Wildman–Crippen MR) is 87.7 cm³/mol. The number of nitrogens with two attached hydrogens (primary N) is 1.